The molecule has 0 spiro atoms. The molecule has 0 aliphatic rings. The van der Waals surface area contributed by atoms with Gasteiger partial charge in [-0.2, -0.15) is 26.3 Å². The van der Waals surface area contributed by atoms with Crippen molar-refractivity contribution >= 4 is 49.7 Å². The van der Waals surface area contributed by atoms with Gasteiger partial charge in [0.25, 0.3) is 0 Å². The molecule has 0 bridgehead atoms. The number of hydrogen-bond donors (Lipinski definition) is 2. The van der Waals surface area contributed by atoms with Crippen molar-refractivity contribution in [3.05, 3.63) is 68.6 Å². The monoisotopic (exact) mass is 650 g/mol. The van der Waals surface area contributed by atoms with Crippen LogP contribution < -0.4 is 11.1 Å². The largest absolute Gasteiger partial charge is 0.491 e. The zero-order chi connectivity index (χ0) is 27.9. The summed E-state index contributed by atoms with van der Waals surface area (Å²) in [6.45, 7) is 1.41. The Labute approximate surface area is 219 Å². The Hall–Kier alpha value is -2.45. The lowest BCUT2D eigenvalue weighted by atomic mass is 10.1. The molecular formula is C22H22Br2F6N2O4. The maximum absolute atomic E-state index is 11.8. The van der Waals surface area contributed by atoms with Gasteiger partial charge in [-0.15, -0.1) is 0 Å². The van der Waals surface area contributed by atoms with Gasteiger partial charge >= 0.3 is 30.2 Å². The van der Waals surface area contributed by atoms with Gasteiger partial charge in [0.15, 0.2) is 0 Å². The smallest absolute Gasteiger partial charge is 0.387 e. The molecule has 6 nitrogen and oxygen atoms in total. The first kappa shape index (κ1) is 33.5. The highest BCUT2D eigenvalue weighted by Gasteiger charge is 2.41. The molecule has 0 aromatic heterocycles. The van der Waals surface area contributed by atoms with Crippen LogP contribution in [0.1, 0.15) is 18.1 Å². The number of carbonyl (C=O) groups is 3. The first-order valence-corrected chi connectivity index (χ1v) is 11.5. The number of benzene rings is 2. The highest BCUT2D eigenvalue weighted by atomic mass is 79.9. The number of esters is 2. The molecule has 0 saturated heterocycles. The molecule has 0 aliphatic heterocycles. The van der Waals surface area contributed by atoms with Crippen molar-refractivity contribution in [2.24, 2.45) is 5.73 Å². The number of carbonyl (C=O) groups excluding carboxylic acids is 3. The molecule has 2 aromatic rings. The normalized spacial score (nSPS) is 10.7. The molecule has 0 fully saturated rings. The predicted molar refractivity (Wildman–Crippen MR) is 127 cm³/mol. The third kappa shape index (κ3) is 16.3. The maximum atomic E-state index is 11.8. The minimum Gasteiger partial charge on any atom is -0.387 e. The number of ether oxygens (including phenoxy) is 1. The zero-order valence-corrected chi connectivity index (χ0v) is 21.9. The molecule has 1 amide bonds. The summed E-state index contributed by atoms with van der Waals surface area (Å²) in [7, 11) is 0. The zero-order valence-electron chi connectivity index (χ0n) is 18.7. The van der Waals surface area contributed by atoms with Gasteiger partial charge in [0.05, 0.1) is 0 Å². The minimum atomic E-state index is -5.09. The first-order valence-electron chi connectivity index (χ1n) is 9.89. The standard InChI is InChI=1S/C10H9BrF3NO.C8H10BrN.C4H3F3O3/c11-8-3-1-7(2-4-8)5-6-15-9(16)10(12,13)14;9-8-3-1-7(2-4-8)5-6-10;1-2(8)10-3(9)4(5,6)7/h1-4H,5-6H2,(H,15,16);1-4H,5-6,10H2;1H3. The molecule has 0 atom stereocenters. The molecule has 36 heavy (non-hydrogen) atoms. The average molecular weight is 652 g/mol. The average Bonchev–Trinajstić information content (AvgIpc) is 2.76. The summed E-state index contributed by atoms with van der Waals surface area (Å²) in [5.74, 6) is -5.66. The number of halogens is 8. The summed E-state index contributed by atoms with van der Waals surface area (Å²) in [5.41, 5.74) is 7.55. The summed E-state index contributed by atoms with van der Waals surface area (Å²) in [4.78, 5) is 29.9. The van der Waals surface area contributed by atoms with Crippen LogP contribution >= 0.6 is 31.9 Å². The van der Waals surface area contributed by atoms with E-state index < -0.39 is 30.2 Å². The third-order valence-electron chi connectivity index (χ3n) is 3.68. The first-order chi connectivity index (χ1) is 16.6. The van der Waals surface area contributed by atoms with Gasteiger partial charge < -0.3 is 15.8 Å². The lowest BCUT2D eigenvalue weighted by Gasteiger charge is -2.07. The van der Waals surface area contributed by atoms with Crippen molar-refractivity contribution in [2.45, 2.75) is 32.1 Å². The molecule has 2 aromatic carbocycles. The fourth-order valence-corrected chi connectivity index (χ4v) is 2.61. The van der Waals surface area contributed by atoms with Crippen LogP contribution in [-0.4, -0.2) is 43.3 Å². The van der Waals surface area contributed by atoms with Crippen molar-refractivity contribution in [3.63, 3.8) is 0 Å². The van der Waals surface area contributed by atoms with Crippen molar-refractivity contribution in [1.29, 1.82) is 0 Å². The van der Waals surface area contributed by atoms with E-state index in [2.05, 4.69) is 48.7 Å². The summed E-state index contributed by atoms with van der Waals surface area (Å²) < 4.78 is 74.2. The van der Waals surface area contributed by atoms with Crippen LogP contribution in [0.25, 0.3) is 0 Å². The third-order valence-corrected chi connectivity index (χ3v) is 4.74. The van der Waals surface area contributed by atoms with Crippen LogP contribution in [0.2, 0.25) is 0 Å². The van der Waals surface area contributed by atoms with Gasteiger partial charge in [-0.3, -0.25) is 9.59 Å². The summed E-state index contributed by atoms with van der Waals surface area (Å²) >= 11 is 6.61. The fourth-order valence-electron chi connectivity index (χ4n) is 2.08. The molecule has 0 saturated carbocycles. The topological polar surface area (TPSA) is 98.5 Å². The number of hydrogen-bond acceptors (Lipinski definition) is 5. The molecule has 0 heterocycles. The quantitative estimate of drug-likeness (QED) is 0.261. The van der Waals surface area contributed by atoms with E-state index in [1.807, 2.05) is 17.4 Å². The summed E-state index contributed by atoms with van der Waals surface area (Å²) in [5, 5.41) is 1.81. The van der Waals surface area contributed by atoms with Crippen LogP contribution in [-0.2, 0) is 32.0 Å². The molecule has 2 rings (SSSR count). The Bertz CT molecular complexity index is 966. The predicted octanol–water partition coefficient (Wildman–Crippen LogP) is 5.26. The number of alkyl halides is 6. The molecule has 0 aliphatic carbocycles. The van der Waals surface area contributed by atoms with E-state index in [0.717, 1.165) is 27.5 Å². The van der Waals surface area contributed by atoms with E-state index >= 15 is 0 Å². The van der Waals surface area contributed by atoms with E-state index in [1.54, 1.807) is 24.3 Å². The van der Waals surface area contributed by atoms with Crippen molar-refractivity contribution in [2.75, 3.05) is 13.1 Å². The van der Waals surface area contributed by atoms with Crippen molar-refractivity contribution < 1.29 is 45.5 Å². The highest BCUT2D eigenvalue weighted by molar-refractivity contribution is 9.10. The number of nitrogens with two attached hydrogens (primary N) is 1. The second-order valence-corrected chi connectivity index (χ2v) is 8.51. The van der Waals surface area contributed by atoms with Gasteiger partial charge in [0, 0.05) is 22.4 Å². The highest BCUT2D eigenvalue weighted by Crippen LogP contribution is 2.16. The van der Waals surface area contributed by atoms with Crippen LogP contribution in [0.5, 0.6) is 0 Å². The van der Waals surface area contributed by atoms with Crippen LogP contribution in [0.3, 0.4) is 0 Å². The fraction of sp³-hybridized carbons (Fsp3) is 0.318. The Morgan fingerprint density at radius 1 is 0.806 bits per heavy atom. The number of amides is 1. The Balaban J connectivity index is 0.000000536. The van der Waals surface area contributed by atoms with Gasteiger partial charge in [-0.05, 0) is 54.8 Å². The molecule has 3 N–H and O–H groups in total. The lowest BCUT2D eigenvalue weighted by molar-refractivity contribution is -0.201. The number of rotatable bonds is 5. The van der Waals surface area contributed by atoms with Crippen LogP contribution in [0, 0.1) is 0 Å². The van der Waals surface area contributed by atoms with E-state index in [1.165, 1.54) is 5.56 Å². The van der Waals surface area contributed by atoms with E-state index in [9.17, 15) is 40.7 Å². The molecule has 200 valence electrons. The van der Waals surface area contributed by atoms with Crippen LogP contribution in [0.4, 0.5) is 26.3 Å². The Morgan fingerprint density at radius 2 is 1.22 bits per heavy atom. The molecular weight excluding hydrogens is 630 g/mol. The summed E-state index contributed by atoms with van der Waals surface area (Å²) in [6, 6.07) is 15.4. The van der Waals surface area contributed by atoms with Crippen molar-refractivity contribution in [3.8, 4) is 0 Å². The summed E-state index contributed by atoms with van der Waals surface area (Å²) in [6.07, 6.45) is -8.56. The number of nitrogens with one attached hydrogen (secondary N) is 1. The lowest BCUT2D eigenvalue weighted by Crippen LogP contribution is -2.37. The molecule has 14 heteroatoms. The minimum absolute atomic E-state index is 0.0278. The van der Waals surface area contributed by atoms with Gasteiger partial charge in [0.2, 0.25) is 0 Å². The second-order valence-electron chi connectivity index (χ2n) is 6.67. The van der Waals surface area contributed by atoms with Gasteiger partial charge in [0.1, 0.15) is 0 Å². The van der Waals surface area contributed by atoms with Gasteiger partial charge in [-0.25, -0.2) is 4.79 Å². The maximum Gasteiger partial charge on any atom is 0.491 e. The Kier molecular flexibility index (Phi) is 15.2. The van der Waals surface area contributed by atoms with E-state index in [-0.39, 0.29) is 6.54 Å². The SMILES string of the molecule is CC(=O)OC(=O)C(F)(F)F.NCCc1ccc(Br)cc1.O=C(NCCc1ccc(Br)cc1)C(F)(F)F. The Morgan fingerprint density at radius 3 is 1.53 bits per heavy atom. The molecule has 0 unspecified atom stereocenters. The van der Waals surface area contributed by atoms with Crippen LogP contribution in [0.15, 0.2) is 57.5 Å². The van der Waals surface area contributed by atoms with E-state index in [4.69, 9.17) is 5.73 Å². The van der Waals surface area contributed by atoms with E-state index in [0.29, 0.717) is 13.3 Å². The van der Waals surface area contributed by atoms with Gasteiger partial charge in [-0.1, -0.05) is 56.1 Å². The molecule has 0 radical (unpaired) electrons. The van der Waals surface area contributed by atoms with Crippen molar-refractivity contribution in [1.82, 2.24) is 5.32 Å². The second kappa shape index (κ2) is 16.3.